The molecule has 2 aromatic carbocycles. The third kappa shape index (κ3) is 6.07. The van der Waals surface area contributed by atoms with Gasteiger partial charge in [0.1, 0.15) is 0 Å². The zero-order valence-electron chi connectivity index (χ0n) is 18.2. The van der Waals surface area contributed by atoms with Gasteiger partial charge < -0.3 is 10.2 Å². The third-order valence-electron chi connectivity index (χ3n) is 5.89. The van der Waals surface area contributed by atoms with Crippen molar-refractivity contribution in [1.82, 2.24) is 9.80 Å². The van der Waals surface area contributed by atoms with Crippen molar-refractivity contribution in [2.24, 2.45) is 0 Å². The predicted octanol–water partition coefficient (Wildman–Crippen LogP) is 5.60. The molecule has 29 heavy (non-hydrogen) atoms. The second-order valence-corrected chi connectivity index (χ2v) is 8.29. The van der Waals surface area contributed by atoms with Gasteiger partial charge in [0.05, 0.1) is 0 Å². The second-order valence-electron chi connectivity index (χ2n) is 8.29. The number of benzene rings is 2. The molecule has 0 saturated carbocycles. The van der Waals surface area contributed by atoms with Crippen LogP contribution in [0.3, 0.4) is 0 Å². The van der Waals surface area contributed by atoms with E-state index < -0.39 is 0 Å². The monoisotopic (exact) mass is 393 g/mol. The van der Waals surface area contributed by atoms with Crippen LogP contribution in [-0.4, -0.2) is 41.5 Å². The molecule has 2 amide bonds. The maximum absolute atomic E-state index is 13.2. The first-order chi connectivity index (χ1) is 14.1. The molecule has 3 rings (SSSR count). The summed E-state index contributed by atoms with van der Waals surface area (Å²) < 4.78 is 0. The number of carbonyl (C=O) groups is 1. The highest BCUT2D eigenvalue weighted by atomic mass is 16.2. The molecule has 1 aliphatic rings. The number of amides is 2. The summed E-state index contributed by atoms with van der Waals surface area (Å²) >= 11 is 0. The van der Waals surface area contributed by atoms with Crippen LogP contribution >= 0.6 is 0 Å². The minimum absolute atomic E-state index is 0.0497. The normalized spacial score (nSPS) is 15.3. The lowest BCUT2D eigenvalue weighted by Crippen LogP contribution is -2.49. The Balaban J connectivity index is 1.61. The first kappa shape index (κ1) is 21.4. The predicted molar refractivity (Wildman–Crippen MR) is 121 cm³/mol. The zero-order chi connectivity index (χ0) is 20.6. The maximum atomic E-state index is 13.2. The summed E-state index contributed by atoms with van der Waals surface area (Å²) in [5.74, 6) is 0. The number of urea groups is 1. The Morgan fingerprint density at radius 3 is 2.52 bits per heavy atom. The molecule has 2 aromatic rings. The van der Waals surface area contributed by atoms with E-state index in [0.717, 1.165) is 63.1 Å². The highest BCUT2D eigenvalue weighted by Crippen LogP contribution is 2.22. The van der Waals surface area contributed by atoms with E-state index in [1.165, 1.54) is 11.1 Å². The Hall–Kier alpha value is -2.33. The third-order valence-corrected chi connectivity index (χ3v) is 5.89. The quantitative estimate of drug-likeness (QED) is 0.664. The molecule has 1 heterocycles. The minimum atomic E-state index is 0.0497. The number of anilines is 1. The van der Waals surface area contributed by atoms with Crippen LogP contribution < -0.4 is 5.32 Å². The number of nitrogens with one attached hydrogen (secondary N) is 1. The van der Waals surface area contributed by atoms with Gasteiger partial charge in [0.2, 0.25) is 0 Å². The van der Waals surface area contributed by atoms with Crippen LogP contribution in [0.15, 0.2) is 48.5 Å². The summed E-state index contributed by atoms with van der Waals surface area (Å²) in [6.07, 6.45) is 4.22. The van der Waals surface area contributed by atoms with Crippen LogP contribution in [0, 0.1) is 13.8 Å². The molecule has 0 spiro atoms. The number of likely N-dealkylation sites (tertiary alicyclic amines) is 1. The Morgan fingerprint density at radius 1 is 1.10 bits per heavy atom. The number of carbonyl (C=O) groups excluding carboxylic acids is 1. The Morgan fingerprint density at radius 2 is 1.83 bits per heavy atom. The highest BCUT2D eigenvalue weighted by molar-refractivity contribution is 5.90. The van der Waals surface area contributed by atoms with Gasteiger partial charge in [0.25, 0.3) is 0 Å². The first-order valence-electron chi connectivity index (χ1n) is 11.0. The molecule has 1 N–H and O–H groups in total. The van der Waals surface area contributed by atoms with Gasteiger partial charge in [-0.3, -0.25) is 4.90 Å². The first-order valence-corrected chi connectivity index (χ1v) is 11.0. The molecule has 0 aromatic heterocycles. The van der Waals surface area contributed by atoms with Crippen molar-refractivity contribution in [1.29, 1.82) is 0 Å². The molecule has 0 bridgehead atoms. The molecular weight excluding hydrogens is 358 g/mol. The molecule has 0 aliphatic carbocycles. The number of hydrogen-bond acceptors (Lipinski definition) is 2. The molecule has 156 valence electrons. The largest absolute Gasteiger partial charge is 0.322 e. The van der Waals surface area contributed by atoms with Crippen molar-refractivity contribution in [3.8, 4) is 0 Å². The minimum Gasteiger partial charge on any atom is -0.321 e. The summed E-state index contributed by atoms with van der Waals surface area (Å²) in [7, 11) is 0. The van der Waals surface area contributed by atoms with Gasteiger partial charge in [-0.2, -0.15) is 0 Å². The van der Waals surface area contributed by atoms with E-state index in [1.54, 1.807) is 0 Å². The summed E-state index contributed by atoms with van der Waals surface area (Å²) in [6.45, 7) is 10.2. The van der Waals surface area contributed by atoms with Gasteiger partial charge in [-0.25, -0.2) is 4.79 Å². The Labute approximate surface area is 175 Å². The molecule has 0 atom stereocenters. The van der Waals surface area contributed by atoms with Crippen molar-refractivity contribution in [3.63, 3.8) is 0 Å². The fourth-order valence-corrected chi connectivity index (χ4v) is 4.07. The Kier molecular flexibility index (Phi) is 7.70. The van der Waals surface area contributed by atoms with Crippen molar-refractivity contribution in [2.75, 3.05) is 25.0 Å². The van der Waals surface area contributed by atoms with Gasteiger partial charge in [0.15, 0.2) is 0 Å². The molecule has 1 saturated heterocycles. The molecule has 1 aliphatic heterocycles. The number of aryl methyl sites for hydroxylation is 2. The van der Waals surface area contributed by atoms with Crippen molar-refractivity contribution >= 4 is 11.7 Å². The van der Waals surface area contributed by atoms with Crippen molar-refractivity contribution in [2.45, 2.75) is 59.0 Å². The van der Waals surface area contributed by atoms with Gasteiger partial charge >= 0.3 is 6.03 Å². The van der Waals surface area contributed by atoms with Gasteiger partial charge in [-0.1, -0.05) is 55.8 Å². The topological polar surface area (TPSA) is 35.6 Å². The summed E-state index contributed by atoms with van der Waals surface area (Å²) in [6, 6.07) is 17.2. The smallest absolute Gasteiger partial charge is 0.321 e. The van der Waals surface area contributed by atoms with E-state index >= 15 is 0 Å². The van der Waals surface area contributed by atoms with Crippen LogP contribution in [0.5, 0.6) is 0 Å². The molecule has 0 radical (unpaired) electrons. The summed E-state index contributed by atoms with van der Waals surface area (Å²) in [5.41, 5.74) is 4.57. The average Bonchev–Trinajstić information content (AvgIpc) is 2.73. The summed E-state index contributed by atoms with van der Waals surface area (Å²) in [5, 5.41) is 3.18. The van der Waals surface area contributed by atoms with Gasteiger partial charge in [-0.05, 0) is 55.9 Å². The SMILES string of the molecule is CCCCN(C(=O)Nc1cc(C)ccc1C)C1CCN(Cc2ccccc2)CC1. The lowest BCUT2D eigenvalue weighted by atomic mass is 10.0. The molecule has 1 fully saturated rings. The van der Waals surface area contributed by atoms with Crippen LogP contribution in [0.1, 0.15) is 49.3 Å². The highest BCUT2D eigenvalue weighted by Gasteiger charge is 2.28. The number of nitrogens with zero attached hydrogens (tertiary/aromatic N) is 2. The maximum Gasteiger partial charge on any atom is 0.322 e. The lowest BCUT2D eigenvalue weighted by molar-refractivity contribution is 0.122. The molecular formula is C25H35N3O. The Bertz CT molecular complexity index is 782. The average molecular weight is 394 g/mol. The van der Waals surface area contributed by atoms with E-state index in [4.69, 9.17) is 0 Å². The van der Waals surface area contributed by atoms with Crippen LogP contribution in [0.25, 0.3) is 0 Å². The zero-order valence-corrected chi connectivity index (χ0v) is 18.2. The number of hydrogen-bond donors (Lipinski definition) is 1. The van der Waals surface area contributed by atoms with E-state index in [0.29, 0.717) is 6.04 Å². The van der Waals surface area contributed by atoms with Gasteiger partial charge in [-0.15, -0.1) is 0 Å². The van der Waals surface area contributed by atoms with E-state index in [-0.39, 0.29) is 6.03 Å². The van der Waals surface area contributed by atoms with E-state index in [1.807, 2.05) is 6.92 Å². The molecule has 0 unspecified atom stereocenters. The fraction of sp³-hybridized carbons (Fsp3) is 0.480. The molecule has 4 heteroatoms. The fourth-order valence-electron chi connectivity index (χ4n) is 4.07. The summed E-state index contributed by atoms with van der Waals surface area (Å²) in [4.78, 5) is 17.7. The van der Waals surface area contributed by atoms with Gasteiger partial charge in [0, 0.05) is 37.9 Å². The second kappa shape index (κ2) is 10.4. The standard InChI is InChI=1S/C25H35N3O/c1-4-5-15-28(25(29)26-24-18-20(2)11-12-21(24)3)23-13-16-27(17-14-23)19-22-9-7-6-8-10-22/h6-12,18,23H,4-5,13-17,19H2,1-3H3,(H,26,29). The van der Waals surface area contributed by atoms with E-state index in [9.17, 15) is 4.79 Å². The number of unbranched alkanes of at least 4 members (excludes halogenated alkanes) is 1. The lowest BCUT2D eigenvalue weighted by Gasteiger charge is -2.38. The van der Waals surface area contributed by atoms with E-state index in [2.05, 4.69) is 77.5 Å². The molecule has 4 nitrogen and oxygen atoms in total. The van der Waals surface area contributed by atoms with Crippen molar-refractivity contribution < 1.29 is 4.79 Å². The van der Waals surface area contributed by atoms with Crippen LogP contribution in [0.4, 0.5) is 10.5 Å². The van der Waals surface area contributed by atoms with Crippen molar-refractivity contribution in [3.05, 3.63) is 65.2 Å². The number of piperidine rings is 1. The van der Waals surface area contributed by atoms with Crippen LogP contribution in [-0.2, 0) is 6.54 Å². The number of rotatable bonds is 7. The van der Waals surface area contributed by atoms with Crippen LogP contribution in [0.2, 0.25) is 0 Å².